The van der Waals surface area contributed by atoms with Crippen molar-refractivity contribution in [2.24, 2.45) is 5.73 Å². The zero-order valence-electron chi connectivity index (χ0n) is 22.0. The summed E-state index contributed by atoms with van der Waals surface area (Å²) in [6.07, 6.45) is 8.12. The highest BCUT2D eigenvalue weighted by Gasteiger charge is 2.17. The fraction of sp³-hybridized carbons (Fsp3) is 0.583. The fourth-order valence-corrected chi connectivity index (χ4v) is 4.38. The van der Waals surface area contributed by atoms with Crippen molar-refractivity contribution >= 4 is 39.6 Å². The quantitative estimate of drug-likeness (QED) is 0.285. The van der Waals surface area contributed by atoms with Crippen LogP contribution in [0.15, 0.2) is 12.4 Å². The van der Waals surface area contributed by atoms with E-state index in [1.165, 1.54) is 25.9 Å². The fourth-order valence-electron chi connectivity index (χ4n) is 4.25. The maximum Gasteiger partial charge on any atom is 0.224 e. The molecule has 0 radical (unpaired) electrons. The molecule has 6 heterocycles. The molecular formula is C24H37ClN12. The van der Waals surface area contributed by atoms with Crippen LogP contribution >= 0.6 is 11.6 Å². The topological polar surface area (TPSA) is 153 Å². The zero-order chi connectivity index (χ0) is 26.4. The highest BCUT2D eigenvalue weighted by atomic mass is 35.5. The normalized spacial score (nSPS) is 17.8. The van der Waals surface area contributed by atoms with E-state index in [4.69, 9.17) is 17.3 Å². The Morgan fingerprint density at radius 3 is 1.92 bits per heavy atom. The second-order valence-corrected chi connectivity index (χ2v) is 10.2. The number of halogens is 1. The smallest absolute Gasteiger partial charge is 0.224 e. The molecule has 13 heteroatoms. The molecule has 0 aromatic carbocycles. The van der Waals surface area contributed by atoms with Gasteiger partial charge in [0.05, 0.1) is 10.8 Å². The third kappa shape index (κ3) is 7.54. The maximum atomic E-state index is 5.67. The average molecular weight is 529 g/mol. The van der Waals surface area contributed by atoms with Crippen molar-refractivity contribution in [1.29, 1.82) is 0 Å². The number of hydrogen-bond acceptors (Lipinski definition) is 10. The molecule has 0 spiro atoms. The minimum absolute atomic E-state index is 0.226. The van der Waals surface area contributed by atoms with Gasteiger partial charge in [-0.2, -0.15) is 20.2 Å². The minimum atomic E-state index is 0.226. The van der Waals surface area contributed by atoms with E-state index in [2.05, 4.69) is 69.5 Å². The number of hydrogen-bond donors (Lipinski definition) is 4. The van der Waals surface area contributed by atoms with Gasteiger partial charge in [-0.1, -0.05) is 0 Å². The first kappa shape index (κ1) is 27.1. The largest absolute Gasteiger partial charge is 0.351 e. The Morgan fingerprint density at radius 1 is 0.838 bits per heavy atom. The number of nitrogens with zero attached hydrogens (tertiary/aromatic N) is 8. The molecule has 2 aliphatic rings. The molecule has 2 saturated heterocycles. The monoisotopic (exact) mass is 528 g/mol. The molecular weight excluding hydrogens is 492 g/mol. The van der Waals surface area contributed by atoms with Crippen molar-refractivity contribution in [2.45, 2.75) is 51.6 Å². The number of aryl methyl sites for hydroxylation is 2. The number of H-pyrrole nitrogens is 2. The predicted molar refractivity (Wildman–Crippen MR) is 147 cm³/mol. The molecule has 6 rings (SSSR count). The molecule has 0 aliphatic carbocycles. The van der Waals surface area contributed by atoms with E-state index in [0.29, 0.717) is 23.7 Å². The van der Waals surface area contributed by atoms with Gasteiger partial charge in [-0.3, -0.25) is 10.2 Å². The lowest BCUT2D eigenvalue weighted by molar-refractivity contribution is 0.256. The second-order valence-electron chi connectivity index (χ2n) is 9.87. The van der Waals surface area contributed by atoms with Gasteiger partial charge < -0.3 is 20.9 Å². The maximum absolute atomic E-state index is 5.67. The molecule has 2 fully saturated rings. The lowest BCUT2D eigenvalue weighted by Gasteiger charge is -2.29. The highest BCUT2D eigenvalue weighted by Crippen LogP contribution is 2.17. The molecule has 2 aliphatic heterocycles. The summed E-state index contributed by atoms with van der Waals surface area (Å²) in [5.74, 6) is 0.684. The Kier molecular flexibility index (Phi) is 9.19. The lowest BCUT2D eigenvalue weighted by atomic mass is 10.1. The Balaban J connectivity index is 0.000000143. The van der Waals surface area contributed by atoms with Crippen LogP contribution in [0.3, 0.4) is 0 Å². The van der Waals surface area contributed by atoms with Crippen LogP contribution in [0.1, 0.15) is 37.1 Å². The molecule has 0 bridgehead atoms. The second kappa shape index (κ2) is 12.5. The van der Waals surface area contributed by atoms with Crippen LogP contribution in [0.25, 0.3) is 22.1 Å². The number of anilines is 1. The average Bonchev–Trinajstić information content (AvgIpc) is 3.45. The Morgan fingerprint density at radius 2 is 1.35 bits per heavy atom. The van der Waals surface area contributed by atoms with Gasteiger partial charge in [0.15, 0.2) is 11.3 Å². The standard InChI is InChI=1S/C12H18N6.C6H5ClN4.C6H14N2/c1-8-10-7-13-12(15-11(10)17-16-8)14-9-3-5-18(2)6-4-9;1-3-4-2-8-6(7)9-5(4)11-10-3;1-8-4-2-6(7)3-5-8/h7,9H,3-6H2,1-2H3,(H2,13,14,15,16,17);2H,1H3,(H,8,9,10,11);6H,2-5,7H2,1H3. The SMILES string of the molecule is CN1CCC(N)CC1.Cc1[nH]nc2nc(Cl)ncc12.Cc1[nH]nc2nc(NC3CCN(C)CC3)ncc12. The summed E-state index contributed by atoms with van der Waals surface area (Å²) >= 11 is 5.55. The van der Waals surface area contributed by atoms with Gasteiger partial charge in [0, 0.05) is 35.9 Å². The Labute approximate surface area is 221 Å². The van der Waals surface area contributed by atoms with Crippen molar-refractivity contribution in [1.82, 2.24) is 50.1 Å². The minimum Gasteiger partial charge on any atom is -0.351 e. The summed E-state index contributed by atoms with van der Waals surface area (Å²) in [5, 5.41) is 19.3. The van der Waals surface area contributed by atoms with Crippen LogP contribution in [-0.4, -0.2) is 102 Å². The number of fused-ring (bicyclic) bond motifs is 2. The van der Waals surface area contributed by atoms with Crippen molar-refractivity contribution in [3.8, 4) is 0 Å². The number of likely N-dealkylation sites (tertiary alicyclic amines) is 2. The van der Waals surface area contributed by atoms with Crippen LogP contribution < -0.4 is 11.1 Å². The molecule has 12 nitrogen and oxygen atoms in total. The van der Waals surface area contributed by atoms with Gasteiger partial charge >= 0.3 is 0 Å². The van der Waals surface area contributed by atoms with E-state index in [9.17, 15) is 0 Å². The number of aromatic amines is 2. The summed E-state index contributed by atoms with van der Waals surface area (Å²) < 4.78 is 0. The van der Waals surface area contributed by atoms with Gasteiger partial charge in [0.2, 0.25) is 11.2 Å². The van der Waals surface area contributed by atoms with Crippen LogP contribution in [-0.2, 0) is 0 Å². The molecule has 0 atom stereocenters. The summed E-state index contributed by atoms with van der Waals surface area (Å²) in [6, 6.07) is 0.949. The highest BCUT2D eigenvalue weighted by molar-refractivity contribution is 6.28. The molecule has 0 amide bonds. The summed E-state index contributed by atoms with van der Waals surface area (Å²) in [4.78, 5) is 21.2. The van der Waals surface area contributed by atoms with Crippen LogP contribution in [0.5, 0.6) is 0 Å². The van der Waals surface area contributed by atoms with Gasteiger partial charge in [0.1, 0.15) is 0 Å². The van der Waals surface area contributed by atoms with E-state index in [0.717, 1.165) is 53.7 Å². The molecule has 37 heavy (non-hydrogen) atoms. The van der Waals surface area contributed by atoms with Crippen LogP contribution in [0, 0.1) is 13.8 Å². The van der Waals surface area contributed by atoms with E-state index in [1.807, 2.05) is 20.0 Å². The molecule has 4 aromatic heterocycles. The van der Waals surface area contributed by atoms with Crippen LogP contribution in [0.4, 0.5) is 5.95 Å². The molecule has 0 unspecified atom stereocenters. The van der Waals surface area contributed by atoms with Gasteiger partial charge in [-0.15, -0.1) is 0 Å². The van der Waals surface area contributed by atoms with Crippen molar-refractivity contribution in [3.63, 3.8) is 0 Å². The third-order valence-corrected chi connectivity index (χ3v) is 6.97. The first-order valence-electron chi connectivity index (χ1n) is 12.7. The first-order chi connectivity index (χ1) is 17.8. The number of piperidine rings is 2. The Bertz CT molecular complexity index is 1260. The predicted octanol–water partition coefficient (Wildman–Crippen LogP) is 2.52. The third-order valence-electron chi connectivity index (χ3n) is 6.79. The molecule has 5 N–H and O–H groups in total. The van der Waals surface area contributed by atoms with Gasteiger partial charge in [0.25, 0.3) is 0 Å². The van der Waals surface area contributed by atoms with Crippen LogP contribution in [0.2, 0.25) is 5.28 Å². The Hall–Kier alpha value is -2.93. The first-order valence-corrected chi connectivity index (χ1v) is 13.1. The van der Waals surface area contributed by atoms with E-state index in [1.54, 1.807) is 6.20 Å². The summed E-state index contributed by atoms with van der Waals surface area (Å²) in [5.41, 5.74) is 8.98. The number of aromatic nitrogens is 8. The van der Waals surface area contributed by atoms with E-state index in [-0.39, 0.29) is 5.28 Å². The number of nitrogens with two attached hydrogens (primary N) is 1. The number of rotatable bonds is 2. The summed E-state index contributed by atoms with van der Waals surface area (Å²) in [7, 11) is 4.30. The van der Waals surface area contributed by atoms with Crippen molar-refractivity contribution in [2.75, 3.05) is 45.6 Å². The molecule has 0 saturated carbocycles. The number of nitrogens with one attached hydrogen (secondary N) is 3. The lowest BCUT2D eigenvalue weighted by Crippen LogP contribution is -2.37. The van der Waals surface area contributed by atoms with Crippen molar-refractivity contribution < 1.29 is 0 Å². The van der Waals surface area contributed by atoms with Crippen molar-refractivity contribution in [3.05, 3.63) is 29.1 Å². The zero-order valence-corrected chi connectivity index (χ0v) is 22.8. The molecule has 200 valence electrons. The van der Waals surface area contributed by atoms with E-state index >= 15 is 0 Å². The van der Waals surface area contributed by atoms with Gasteiger partial charge in [-0.05, 0) is 91.4 Å². The van der Waals surface area contributed by atoms with E-state index < -0.39 is 0 Å². The molecule has 4 aromatic rings. The summed E-state index contributed by atoms with van der Waals surface area (Å²) in [6.45, 7) is 8.50. The van der Waals surface area contributed by atoms with Gasteiger partial charge in [-0.25, -0.2) is 9.97 Å².